The summed E-state index contributed by atoms with van der Waals surface area (Å²) in [5.41, 5.74) is 2.82. The summed E-state index contributed by atoms with van der Waals surface area (Å²) in [7, 11) is 0. The second-order valence-electron chi connectivity index (χ2n) is 4.77. The maximum Gasteiger partial charge on any atom is 0.128 e. The second-order valence-corrected chi connectivity index (χ2v) is 5.69. The lowest BCUT2D eigenvalue weighted by atomic mass is 9.96. The number of fused-ring (bicyclic) bond motifs is 1. The molecule has 0 radical (unpaired) electrons. The number of rotatable bonds is 1. The largest absolute Gasteiger partial charge is 0.485 e. The first-order valence-electron chi connectivity index (χ1n) is 6.20. The third-order valence-corrected chi connectivity index (χ3v) is 3.84. The smallest absolute Gasteiger partial charge is 0.128 e. The van der Waals surface area contributed by atoms with Gasteiger partial charge >= 0.3 is 0 Å². The molecular formula is C15H14BrNO2. The fourth-order valence-electron chi connectivity index (χ4n) is 2.29. The minimum Gasteiger partial charge on any atom is -0.485 e. The normalized spacial score (nSPS) is 21.6. The average molecular weight is 320 g/mol. The second kappa shape index (κ2) is 4.94. The molecule has 0 saturated heterocycles. The summed E-state index contributed by atoms with van der Waals surface area (Å²) in [6, 6.07) is 9.67. The first kappa shape index (κ1) is 12.6. The summed E-state index contributed by atoms with van der Waals surface area (Å²) in [6.45, 7) is 1.95. The zero-order valence-corrected chi connectivity index (χ0v) is 12.1. The molecule has 0 bridgehead atoms. The number of benzene rings is 1. The summed E-state index contributed by atoms with van der Waals surface area (Å²) >= 11 is 3.42. The predicted octanol–water partition coefficient (Wildman–Crippen LogP) is 3.71. The van der Waals surface area contributed by atoms with Crippen molar-refractivity contribution in [3.8, 4) is 5.75 Å². The average Bonchev–Trinajstić information content (AvgIpc) is 2.38. The van der Waals surface area contributed by atoms with Crippen LogP contribution in [0.3, 0.4) is 0 Å². The molecule has 0 saturated carbocycles. The number of aromatic nitrogens is 1. The molecule has 0 spiro atoms. The highest BCUT2D eigenvalue weighted by Crippen LogP contribution is 2.41. The molecule has 2 aromatic rings. The van der Waals surface area contributed by atoms with E-state index in [-0.39, 0.29) is 6.10 Å². The third kappa shape index (κ3) is 2.51. The van der Waals surface area contributed by atoms with Crippen LogP contribution < -0.4 is 4.74 Å². The summed E-state index contributed by atoms with van der Waals surface area (Å²) in [5.74, 6) is 0.735. The first-order valence-corrected chi connectivity index (χ1v) is 6.99. The first-order chi connectivity index (χ1) is 9.13. The van der Waals surface area contributed by atoms with E-state index in [1.165, 1.54) is 0 Å². The van der Waals surface area contributed by atoms with Gasteiger partial charge in [-0.25, -0.2) is 0 Å². The number of nitrogens with zero attached hydrogens (tertiary/aromatic N) is 1. The number of aliphatic hydroxyl groups excluding tert-OH is 1. The number of aryl methyl sites for hydroxylation is 1. The van der Waals surface area contributed by atoms with Gasteiger partial charge in [-0.15, -0.1) is 0 Å². The van der Waals surface area contributed by atoms with E-state index in [9.17, 15) is 5.11 Å². The van der Waals surface area contributed by atoms with Gasteiger partial charge in [0.05, 0.1) is 6.10 Å². The van der Waals surface area contributed by atoms with Crippen molar-refractivity contribution < 1.29 is 9.84 Å². The molecule has 98 valence electrons. The summed E-state index contributed by atoms with van der Waals surface area (Å²) in [5, 5.41) is 10.2. The standard InChI is InChI=1S/C15H14BrNO2/c1-9-2-3-10(8-17-9)14-7-13(18)12-5-4-11(16)6-15(12)19-14/h2-6,8,13-14,18H,7H2,1H3. The lowest BCUT2D eigenvalue weighted by Gasteiger charge is -2.29. The van der Waals surface area contributed by atoms with Gasteiger partial charge in [-0.05, 0) is 25.1 Å². The molecular weight excluding hydrogens is 306 g/mol. The molecule has 2 heterocycles. The highest BCUT2D eigenvalue weighted by atomic mass is 79.9. The Hall–Kier alpha value is -1.39. The molecule has 0 aliphatic carbocycles. The van der Waals surface area contributed by atoms with Crippen LogP contribution in [-0.2, 0) is 0 Å². The van der Waals surface area contributed by atoms with Crippen molar-refractivity contribution >= 4 is 15.9 Å². The van der Waals surface area contributed by atoms with Gasteiger partial charge in [0.15, 0.2) is 0 Å². The molecule has 1 aliphatic rings. The van der Waals surface area contributed by atoms with E-state index in [4.69, 9.17) is 4.74 Å². The van der Waals surface area contributed by atoms with Crippen molar-refractivity contribution in [2.45, 2.75) is 25.6 Å². The van der Waals surface area contributed by atoms with Crippen LogP contribution in [0.1, 0.15) is 35.4 Å². The Labute approximate surface area is 120 Å². The molecule has 1 aromatic heterocycles. The number of hydrogen-bond acceptors (Lipinski definition) is 3. The van der Waals surface area contributed by atoms with E-state index in [2.05, 4.69) is 20.9 Å². The molecule has 1 aliphatic heterocycles. The molecule has 2 unspecified atom stereocenters. The van der Waals surface area contributed by atoms with Crippen molar-refractivity contribution in [2.75, 3.05) is 0 Å². The number of halogens is 1. The number of aliphatic hydroxyl groups is 1. The Balaban J connectivity index is 1.93. The number of ether oxygens (including phenoxy) is 1. The van der Waals surface area contributed by atoms with Gasteiger partial charge in [0.25, 0.3) is 0 Å². The lowest BCUT2D eigenvalue weighted by molar-refractivity contribution is 0.0655. The molecule has 1 N–H and O–H groups in total. The molecule has 3 rings (SSSR count). The van der Waals surface area contributed by atoms with Gasteiger partial charge in [-0.1, -0.05) is 28.1 Å². The minimum absolute atomic E-state index is 0.148. The third-order valence-electron chi connectivity index (χ3n) is 3.35. The van der Waals surface area contributed by atoms with E-state index in [1.807, 2.05) is 43.5 Å². The maximum absolute atomic E-state index is 10.2. The zero-order valence-electron chi connectivity index (χ0n) is 10.5. The Morgan fingerprint density at radius 2 is 2.16 bits per heavy atom. The molecule has 0 fully saturated rings. The van der Waals surface area contributed by atoms with E-state index < -0.39 is 6.10 Å². The van der Waals surface area contributed by atoms with E-state index in [0.29, 0.717) is 6.42 Å². The van der Waals surface area contributed by atoms with Crippen LogP contribution in [0.15, 0.2) is 41.0 Å². The van der Waals surface area contributed by atoms with Crippen LogP contribution in [0.5, 0.6) is 5.75 Å². The Morgan fingerprint density at radius 3 is 2.89 bits per heavy atom. The van der Waals surface area contributed by atoms with Gasteiger partial charge in [-0.2, -0.15) is 0 Å². The summed E-state index contributed by atoms with van der Waals surface area (Å²) in [4.78, 5) is 4.28. The quantitative estimate of drug-likeness (QED) is 0.871. The molecule has 3 nitrogen and oxygen atoms in total. The Morgan fingerprint density at radius 1 is 1.32 bits per heavy atom. The molecule has 2 atom stereocenters. The van der Waals surface area contributed by atoms with Crippen LogP contribution in [-0.4, -0.2) is 10.1 Å². The van der Waals surface area contributed by atoms with Crippen LogP contribution in [0.4, 0.5) is 0 Å². The maximum atomic E-state index is 10.2. The van der Waals surface area contributed by atoms with E-state index in [1.54, 1.807) is 0 Å². The van der Waals surface area contributed by atoms with Crippen LogP contribution in [0.2, 0.25) is 0 Å². The minimum atomic E-state index is -0.497. The molecule has 19 heavy (non-hydrogen) atoms. The van der Waals surface area contributed by atoms with E-state index in [0.717, 1.165) is 27.0 Å². The summed E-state index contributed by atoms with van der Waals surface area (Å²) in [6.07, 6.45) is 1.72. The van der Waals surface area contributed by atoms with Gasteiger partial charge in [0, 0.05) is 33.9 Å². The van der Waals surface area contributed by atoms with Crippen LogP contribution >= 0.6 is 15.9 Å². The van der Waals surface area contributed by atoms with Crippen molar-refractivity contribution in [3.63, 3.8) is 0 Å². The highest BCUT2D eigenvalue weighted by Gasteiger charge is 2.28. The monoisotopic (exact) mass is 319 g/mol. The van der Waals surface area contributed by atoms with Crippen molar-refractivity contribution in [3.05, 3.63) is 57.8 Å². The van der Waals surface area contributed by atoms with Crippen molar-refractivity contribution in [1.29, 1.82) is 0 Å². The van der Waals surface area contributed by atoms with Crippen molar-refractivity contribution in [1.82, 2.24) is 4.98 Å². The van der Waals surface area contributed by atoms with Crippen molar-refractivity contribution in [2.24, 2.45) is 0 Å². The topological polar surface area (TPSA) is 42.4 Å². The van der Waals surface area contributed by atoms with Crippen LogP contribution in [0.25, 0.3) is 0 Å². The number of pyridine rings is 1. The highest BCUT2D eigenvalue weighted by molar-refractivity contribution is 9.10. The van der Waals surface area contributed by atoms with Gasteiger partial charge in [-0.3, -0.25) is 4.98 Å². The SMILES string of the molecule is Cc1ccc(C2CC(O)c3ccc(Br)cc3O2)cn1. The molecule has 4 heteroatoms. The van der Waals surface area contributed by atoms with Gasteiger partial charge < -0.3 is 9.84 Å². The van der Waals surface area contributed by atoms with E-state index >= 15 is 0 Å². The fraction of sp³-hybridized carbons (Fsp3) is 0.267. The zero-order chi connectivity index (χ0) is 13.4. The Bertz CT molecular complexity index is 598. The van der Waals surface area contributed by atoms with Gasteiger partial charge in [0.2, 0.25) is 0 Å². The molecule has 0 amide bonds. The van der Waals surface area contributed by atoms with Gasteiger partial charge in [0.1, 0.15) is 11.9 Å². The number of hydrogen-bond donors (Lipinski definition) is 1. The predicted molar refractivity (Wildman–Crippen MR) is 76.1 cm³/mol. The fourth-order valence-corrected chi connectivity index (χ4v) is 2.63. The Kier molecular flexibility index (Phi) is 3.29. The summed E-state index contributed by atoms with van der Waals surface area (Å²) < 4.78 is 6.92. The molecule has 1 aromatic carbocycles. The lowest BCUT2D eigenvalue weighted by Crippen LogP contribution is -2.19. The van der Waals surface area contributed by atoms with Crippen LogP contribution in [0, 0.1) is 6.92 Å².